The van der Waals surface area contributed by atoms with Gasteiger partial charge in [-0.3, -0.25) is 0 Å². The van der Waals surface area contributed by atoms with Gasteiger partial charge in [-0.15, -0.1) is 0 Å². The van der Waals surface area contributed by atoms with Gasteiger partial charge in [0.1, 0.15) is 11.5 Å². The number of anilines is 6. The molecule has 0 bridgehead atoms. The van der Waals surface area contributed by atoms with Crippen LogP contribution < -0.4 is 30.9 Å². The van der Waals surface area contributed by atoms with Crippen LogP contribution in [0, 0.1) is 22.7 Å². The van der Waals surface area contributed by atoms with Gasteiger partial charge in [0.15, 0.2) is 0 Å². The minimum atomic E-state index is -0.892. The van der Waals surface area contributed by atoms with E-state index >= 15 is 0 Å². The van der Waals surface area contributed by atoms with E-state index in [-0.39, 0.29) is 55.0 Å². The molecule has 19 aromatic rings. The van der Waals surface area contributed by atoms with Crippen molar-refractivity contribution in [2.24, 2.45) is 0 Å². The average molecular weight is 1590 g/mol. The number of fused-ring (bicyclic) bond motifs is 12. The first kappa shape index (κ1) is 60.3. The number of benzene rings is 17. The minimum Gasteiger partial charge on any atom is -0.457 e. The van der Waals surface area contributed by atoms with Gasteiger partial charge in [-0.05, 0) is 227 Å². The zero-order valence-electron chi connectivity index (χ0n) is 82.8. The van der Waals surface area contributed by atoms with E-state index < -0.39 is 119 Å². The van der Waals surface area contributed by atoms with Gasteiger partial charge in [0.2, 0.25) is 0 Å². The molecule has 0 unspecified atom stereocenters. The summed E-state index contributed by atoms with van der Waals surface area (Å²) in [6.07, 6.45) is 0. The quantitative estimate of drug-likeness (QED) is 0.121. The minimum absolute atomic E-state index is 0.0965. The number of rotatable bonds is 11. The van der Waals surface area contributed by atoms with Gasteiger partial charge < -0.3 is 23.7 Å². The van der Waals surface area contributed by atoms with E-state index in [4.69, 9.17) is 4.74 Å². The van der Waals surface area contributed by atoms with Crippen molar-refractivity contribution in [3.63, 3.8) is 0 Å². The zero-order chi connectivity index (χ0) is 95.5. The Morgan fingerprint density at radius 3 is 1.18 bits per heavy atom. The molecule has 3 aliphatic rings. The molecule has 0 radical (unpaired) electrons. The molecular formula is C115H85BN6O. The number of nitriles is 2. The van der Waals surface area contributed by atoms with Crippen LogP contribution in [0.1, 0.15) is 108 Å². The molecule has 3 aliphatic heterocycles. The molecule has 0 saturated heterocycles. The maximum atomic E-state index is 10.9. The number of hydrogen-bond acceptors (Lipinski definition) is 5. The molecule has 0 N–H and O–H groups in total. The van der Waals surface area contributed by atoms with Gasteiger partial charge in [0, 0.05) is 94.5 Å². The lowest BCUT2D eigenvalue weighted by atomic mass is 9.33. The van der Waals surface area contributed by atoms with Crippen molar-refractivity contribution < 1.29 is 23.9 Å². The summed E-state index contributed by atoms with van der Waals surface area (Å²) in [5.74, 6) is 1.33. The lowest BCUT2D eigenvalue weighted by Crippen LogP contribution is -2.61. The Hall–Kier alpha value is -15.2. The van der Waals surface area contributed by atoms with Crippen molar-refractivity contribution in [3.8, 4) is 113 Å². The fraction of sp³-hybridized carbons (Fsp3) is 0.0957. The molecule has 0 aliphatic carbocycles. The van der Waals surface area contributed by atoms with E-state index in [2.05, 4.69) is 223 Å². The summed E-state index contributed by atoms with van der Waals surface area (Å²) in [6, 6.07) is 94.6. The molecule has 17 aromatic carbocycles. The van der Waals surface area contributed by atoms with E-state index in [1.807, 2.05) is 140 Å². The van der Waals surface area contributed by atoms with Crippen molar-refractivity contribution >= 4 is 101 Å². The first-order valence-electron chi connectivity index (χ1n) is 48.4. The van der Waals surface area contributed by atoms with Crippen LogP contribution >= 0.6 is 0 Å². The summed E-state index contributed by atoms with van der Waals surface area (Å²) in [6.45, 7) is 16.8. The van der Waals surface area contributed by atoms with Gasteiger partial charge in [-0.2, -0.15) is 10.5 Å². The van der Waals surface area contributed by atoms with Gasteiger partial charge in [0.05, 0.1) is 75.9 Å². The predicted octanol–water partition coefficient (Wildman–Crippen LogP) is 28.4. The van der Waals surface area contributed by atoms with Crippen molar-refractivity contribution in [3.05, 3.63) is 403 Å². The summed E-state index contributed by atoms with van der Waals surface area (Å²) in [7, 11) is 0. The van der Waals surface area contributed by atoms with Crippen molar-refractivity contribution in [2.45, 2.75) is 71.6 Å². The number of hydrogen-bond donors (Lipinski definition) is 0. The molecule has 7 nitrogen and oxygen atoms in total. The molecule has 0 spiro atoms. The molecular weight excluding hydrogens is 1490 g/mol. The van der Waals surface area contributed by atoms with Gasteiger partial charge in [-0.25, -0.2) is 0 Å². The largest absolute Gasteiger partial charge is 0.457 e. The molecule has 0 amide bonds. The number of aromatic nitrogens is 2. The third kappa shape index (κ3) is 12.1. The van der Waals surface area contributed by atoms with Crippen LogP contribution in [0.25, 0.3) is 133 Å². The van der Waals surface area contributed by atoms with Crippen LogP contribution in [-0.4, -0.2) is 15.8 Å². The highest BCUT2D eigenvalue weighted by Crippen LogP contribution is 2.58. The van der Waals surface area contributed by atoms with Crippen LogP contribution in [-0.2, 0) is 16.2 Å². The van der Waals surface area contributed by atoms with Crippen molar-refractivity contribution in [1.29, 1.82) is 10.5 Å². The normalized spacial score (nSPS) is 14.7. The standard InChI is InChI=1S/C115H85BN6O/c1-113(2,3)84-64-90(76-33-17-11-18-34-76)111(92(66-84)81-39-27-37-78(59-81)74-29-13-9-14-30-74)121-104-68-86(119-100-44-24-21-41-88(100)94-57-72(70-117)47-55-102(94)119)50-53-98(104)116-99-54-51-87(120-101-45-25-22-42-89(101)95-58-73(71-118)48-56-103(95)120)69-105(99)122(107-62-83(61-106(121)110(107)116)80-49-52-97-109(63-80)123-108-46-26-23-43-96(108)115(97,7)8)112-91(77-35-19-12-20-36-77)65-85(114(4,5)6)67-93(112)82-40-28-38-79(60-82)75-31-15-10-16-32-75/h9-69H,1-8H3/i21D,22D,24D,25D,41D,42D,44D,45D,47D,48D,55D,56D,57D,58D. The lowest BCUT2D eigenvalue weighted by Gasteiger charge is -2.46. The maximum Gasteiger partial charge on any atom is 0.252 e. The summed E-state index contributed by atoms with van der Waals surface area (Å²) >= 11 is 0. The Kier molecular flexibility index (Phi) is 14.0. The summed E-state index contributed by atoms with van der Waals surface area (Å²) < 4.78 is 147. The molecule has 0 saturated carbocycles. The zero-order valence-corrected chi connectivity index (χ0v) is 68.8. The van der Waals surface area contributed by atoms with Crippen LogP contribution in [0.3, 0.4) is 0 Å². The Morgan fingerprint density at radius 1 is 0.333 bits per heavy atom. The molecule has 0 fully saturated rings. The van der Waals surface area contributed by atoms with Crippen LogP contribution in [0.4, 0.5) is 34.1 Å². The van der Waals surface area contributed by atoms with E-state index in [1.54, 1.807) is 9.13 Å². The second-order valence-electron chi connectivity index (χ2n) is 34.7. The molecule has 584 valence electrons. The monoisotopic (exact) mass is 1590 g/mol. The van der Waals surface area contributed by atoms with E-state index in [1.165, 1.54) is 0 Å². The smallest absolute Gasteiger partial charge is 0.252 e. The van der Waals surface area contributed by atoms with Crippen LogP contribution in [0.15, 0.2) is 370 Å². The highest BCUT2D eigenvalue weighted by molar-refractivity contribution is 7.00. The van der Waals surface area contributed by atoms with E-state index in [0.29, 0.717) is 62.1 Å². The summed E-state index contributed by atoms with van der Waals surface area (Å²) in [5.41, 5.74) is 19.5. The van der Waals surface area contributed by atoms with Gasteiger partial charge in [-0.1, -0.05) is 292 Å². The number of ether oxygens (including phenoxy) is 1. The second-order valence-corrected chi connectivity index (χ2v) is 34.7. The fourth-order valence-corrected chi connectivity index (χ4v) is 18.9. The lowest BCUT2D eigenvalue weighted by molar-refractivity contribution is 0.418. The summed E-state index contributed by atoms with van der Waals surface area (Å²) in [4.78, 5) is 4.68. The first-order chi connectivity index (χ1) is 65.8. The van der Waals surface area contributed by atoms with Gasteiger partial charge >= 0.3 is 0 Å². The highest BCUT2D eigenvalue weighted by Gasteiger charge is 2.47. The van der Waals surface area contributed by atoms with Crippen LogP contribution in [0.5, 0.6) is 11.5 Å². The Labute approximate surface area is 737 Å². The molecule has 0 atom stereocenters. The van der Waals surface area contributed by atoms with Crippen molar-refractivity contribution in [1.82, 2.24) is 9.13 Å². The second kappa shape index (κ2) is 28.5. The maximum absolute atomic E-state index is 10.9. The molecule has 22 rings (SSSR count). The number of nitrogens with zero attached hydrogens (tertiary/aromatic N) is 6. The fourth-order valence-electron chi connectivity index (χ4n) is 18.9. The summed E-state index contributed by atoms with van der Waals surface area (Å²) in [5, 5.41) is 21.3. The van der Waals surface area contributed by atoms with E-state index in [0.717, 1.165) is 100 Å². The average Bonchev–Trinajstić information content (AvgIpc) is 0.761. The Morgan fingerprint density at radius 2 is 0.724 bits per heavy atom. The Bertz CT molecular complexity index is 8150. The molecule has 123 heavy (non-hydrogen) atoms. The van der Waals surface area contributed by atoms with E-state index in [9.17, 15) is 29.7 Å². The van der Waals surface area contributed by atoms with Crippen molar-refractivity contribution in [2.75, 3.05) is 9.80 Å². The molecule has 5 heterocycles. The molecule has 8 heteroatoms. The molecule has 2 aromatic heterocycles. The third-order valence-corrected chi connectivity index (χ3v) is 25.0. The number of para-hydroxylation sites is 3. The Balaban J connectivity index is 0.977. The highest BCUT2D eigenvalue weighted by atomic mass is 16.5. The predicted molar refractivity (Wildman–Crippen MR) is 513 cm³/mol. The topological polar surface area (TPSA) is 73.1 Å². The van der Waals surface area contributed by atoms with Gasteiger partial charge in [0.25, 0.3) is 6.71 Å². The first-order valence-corrected chi connectivity index (χ1v) is 41.4. The third-order valence-electron chi connectivity index (χ3n) is 25.0. The van der Waals surface area contributed by atoms with Crippen LogP contribution in [0.2, 0.25) is 0 Å². The SMILES string of the molecule is [2H]c1c([2H])c([2H])c2c(c1[2H])c1c([2H])c(C#N)c([2H])c([2H])c1n2-c1ccc2c(c1)N(c1c(-c3ccccc3)cc(C(C)(C)C)cc1-c1cccc(-c3ccccc3)c1)c1cc(-c3ccc4c(c3)Oc3ccccc3C4(C)C)cc3c1B2c1ccc(-n2c4c([2H])c([2H])c([2H])c([2H])c4c4c([2H])c(C#N)c([2H])c([2H])c42)cc1N3c1c(-c2ccccc2)cc(C(C)(C)C)cc1-c1cccc(-c2ccccc2)c1.